The Morgan fingerprint density at radius 3 is 2.71 bits per heavy atom. The third-order valence-electron chi connectivity index (χ3n) is 6.25. The molecule has 41 heavy (non-hydrogen) atoms. The maximum atomic E-state index is 13.2. The van der Waals surface area contributed by atoms with Gasteiger partial charge in [-0.3, -0.25) is 10.1 Å². The lowest BCUT2D eigenvalue weighted by molar-refractivity contribution is 0.0980. The lowest BCUT2D eigenvalue weighted by Crippen LogP contribution is -2.31. The van der Waals surface area contributed by atoms with E-state index in [2.05, 4.69) is 5.32 Å². The summed E-state index contributed by atoms with van der Waals surface area (Å²) in [5, 5.41) is 2.53. The summed E-state index contributed by atoms with van der Waals surface area (Å²) in [6.45, 7) is -5.57. The highest BCUT2D eigenvalue weighted by atomic mass is 32.2. The monoisotopic (exact) mass is 589 g/mol. The van der Waals surface area contributed by atoms with E-state index < -0.39 is 83.5 Å². The second-order valence-corrected chi connectivity index (χ2v) is 10.6. The van der Waals surface area contributed by atoms with E-state index in [0.29, 0.717) is 0 Å². The molecule has 10 heteroatoms. The second-order valence-electron chi connectivity index (χ2n) is 8.99. The topological polar surface area (TPSA) is 116 Å². The smallest absolute Gasteiger partial charge is 0.411 e. The molecule has 214 valence electrons. The number of ether oxygens (including phenoxy) is 2. The number of rotatable bonds is 8. The zero-order chi connectivity index (χ0) is 41.2. The molecule has 2 N–H and O–H groups in total. The molecular formula is C31H33N3O6S. The molecule has 1 aliphatic rings. The van der Waals surface area contributed by atoms with Crippen LogP contribution >= 0.6 is 0 Å². The minimum atomic E-state index is -4.75. The number of carbonyl (C=O) groups is 2. The van der Waals surface area contributed by atoms with E-state index >= 15 is 0 Å². The number of aromatic nitrogens is 1. The number of anilines is 1. The van der Waals surface area contributed by atoms with Gasteiger partial charge in [-0.25, -0.2) is 17.9 Å². The van der Waals surface area contributed by atoms with Gasteiger partial charge in [0, 0.05) is 55.5 Å². The highest BCUT2D eigenvalue weighted by Crippen LogP contribution is 2.30. The molecule has 0 spiro atoms. The zero-order valence-electron chi connectivity index (χ0n) is 35.3. The van der Waals surface area contributed by atoms with Gasteiger partial charge in [-0.15, -0.1) is 0 Å². The molecule has 1 heterocycles. The first-order chi connectivity index (χ1) is 25.0. The molecule has 0 radical (unpaired) electrons. The molecule has 1 aromatic heterocycles. The number of carbonyl (C=O) groups excluding carboxylic acids is 2. The summed E-state index contributed by atoms with van der Waals surface area (Å²) in [4.78, 5) is 25.4. The van der Waals surface area contributed by atoms with Crippen molar-refractivity contribution in [3.05, 3.63) is 89.1 Å². The van der Waals surface area contributed by atoms with Crippen LogP contribution in [0.3, 0.4) is 0 Å². The lowest BCUT2D eigenvalue weighted by Gasteiger charge is -2.13. The Labute approximate surface area is 259 Å². The Kier molecular flexibility index (Phi) is 4.44. The Morgan fingerprint density at radius 2 is 1.93 bits per heavy atom. The third-order valence-corrected chi connectivity index (χ3v) is 7.64. The summed E-state index contributed by atoms with van der Waals surface area (Å²) in [6, 6.07) is 12.0. The first kappa shape index (κ1) is 15.6. The lowest BCUT2D eigenvalue weighted by atomic mass is 10.0. The van der Waals surface area contributed by atoms with Crippen molar-refractivity contribution in [2.24, 2.45) is 6.98 Å². The number of amides is 2. The van der Waals surface area contributed by atoms with E-state index in [1.807, 2.05) is 0 Å². The quantitative estimate of drug-likeness (QED) is 0.273. The summed E-state index contributed by atoms with van der Waals surface area (Å²) >= 11 is 0. The molecule has 1 aliphatic carbocycles. The molecule has 0 atom stereocenters. The Hall–Kier alpha value is -4.31. The molecule has 0 saturated heterocycles. The number of hydrogen-bond donors (Lipinski definition) is 2. The van der Waals surface area contributed by atoms with Crippen molar-refractivity contribution in [2.45, 2.75) is 49.8 Å². The predicted octanol–water partition coefficient (Wildman–Crippen LogP) is 5.70. The highest BCUT2D eigenvalue weighted by Gasteiger charge is 2.22. The van der Waals surface area contributed by atoms with Gasteiger partial charge in [0.1, 0.15) is 11.8 Å². The van der Waals surface area contributed by atoms with Gasteiger partial charge < -0.3 is 14.0 Å². The minimum absolute atomic E-state index is 0.0166. The van der Waals surface area contributed by atoms with Crippen LogP contribution in [0.4, 0.5) is 10.5 Å². The maximum absolute atomic E-state index is 13.2. The summed E-state index contributed by atoms with van der Waals surface area (Å²) in [5.41, 5.74) is -0.491. The van der Waals surface area contributed by atoms with Crippen molar-refractivity contribution in [2.75, 3.05) is 12.4 Å². The fourth-order valence-electron chi connectivity index (χ4n) is 4.32. The normalized spacial score (nSPS) is 22.9. The summed E-state index contributed by atoms with van der Waals surface area (Å²) < 4.78 is 150. The third kappa shape index (κ3) is 6.22. The van der Waals surface area contributed by atoms with Crippen LogP contribution in [0.2, 0.25) is 0 Å². The van der Waals surface area contributed by atoms with E-state index in [4.69, 9.17) is 28.7 Å². The Bertz CT molecular complexity index is 2250. The number of nitrogens with zero attached hydrogens (tertiary/aromatic N) is 1. The molecule has 0 unspecified atom stereocenters. The van der Waals surface area contributed by atoms with E-state index in [1.54, 1.807) is 4.72 Å². The van der Waals surface area contributed by atoms with Crippen LogP contribution in [0.1, 0.15) is 71.8 Å². The molecule has 3 aromatic carbocycles. The van der Waals surface area contributed by atoms with Gasteiger partial charge in [0.2, 0.25) is 0 Å². The zero-order valence-corrected chi connectivity index (χ0v) is 22.1. The van der Waals surface area contributed by atoms with Crippen LogP contribution in [-0.2, 0) is 28.2 Å². The second kappa shape index (κ2) is 11.7. The number of aryl methyl sites for hydroxylation is 2. The number of methoxy groups -OCH3 is 1. The summed E-state index contributed by atoms with van der Waals surface area (Å²) in [7, 11) is -7.84. The predicted molar refractivity (Wildman–Crippen MR) is 157 cm³/mol. The number of benzene rings is 3. The fourth-order valence-corrected chi connectivity index (χ4v) is 5.41. The van der Waals surface area contributed by atoms with Crippen LogP contribution in [0.15, 0.2) is 71.8 Å². The van der Waals surface area contributed by atoms with E-state index in [9.17, 15) is 18.0 Å². The maximum Gasteiger partial charge on any atom is 0.411 e. The van der Waals surface area contributed by atoms with Gasteiger partial charge >= 0.3 is 6.09 Å². The van der Waals surface area contributed by atoms with Gasteiger partial charge in [0.15, 0.2) is 0 Å². The number of hydrogen-bond acceptors (Lipinski definition) is 6. The van der Waals surface area contributed by atoms with Crippen LogP contribution in [0.5, 0.6) is 5.75 Å². The minimum Gasteiger partial charge on any atom is -0.496 e. The number of fused-ring (bicyclic) bond motifs is 1. The van der Waals surface area contributed by atoms with Crippen LogP contribution in [-0.4, -0.2) is 38.1 Å². The van der Waals surface area contributed by atoms with Gasteiger partial charge in [0.05, 0.1) is 17.4 Å². The van der Waals surface area contributed by atoms with Crippen molar-refractivity contribution in [3.63, 3.8) is 0 Å². The molecule has 1 fully saturated rings. The largest absolute Gasteiger partial charge is 0.496 e. The van der Waals surface area contributed by atoms with Crippen molar-refractivity contribution < 1.29 is 46.7 Å². The fraction of sp³-hybridized carbons (Fsp3) is 0.290. The Balaban J connectivity index is 1.49. The highest BCUT2D eigenvalue weighted by molar-refractivity contribution is 7.90. The van der Waals surface area contributed by atoms with Gasteiger partial charge in [-0.1, -0.05) is 24.3 Å². The molecule has 2 amide bonds. The summed E-state index contributed by atoms with van der Waals surface area (Å²) in [6.07, 6.45) is -8.98. The molecule has 0 aliphatic heterocycles. The average molecular weight is 590 g/mol. The van der Waals surface area contributed by atoms with Crippen LogP contribution < -0.4 is 14.8 Å². The average Bonchev–Trinajstić information content (AvgIpc) is 3.48. The molecule has 9 nitrogen and oxygen atoms in total. The first-order valence-electron chi connectivity index (χ1n) is 19.2. The van der Waals surface area contributed by atoms with Crippen LogP contribution in [0, 0.1) is 6.85 Å². The van der Waals surface area contributed by atoms with Crippen molar-refractivity contribution in [1.29, 1.82) is 0 Å². The van der Waals surface area contributed by atoms with Crippen molar-refractivity contribution in [1.82, 2.24) is 9.29 Å². The van der Waals surface area contributed by atoms with E-state index in [1.165, 1.54) is 42.6 Å². The molecule has 1 saturated carbocycles. The Morgan fingerprint density at radius 1 is 1.10 bits per heavy atom. The van der Waals surface area contributed by atoms with Crippen LogP contribution in [0.25, 0.3) is 10.9 Å². The van der Waals surface area contributed by atoms with E-state index in [0.717, 1.165) is 28.8 Å². The molecular weight excluding hydrogens is 542 g/mol. The van der Waals surface area contributed by atoms with Gasteiger partial charge in [0.25, 0.3) is 15.9 Å². The van der Waals surface area contributed by atoms with Gasteiger partial charge in [-0.2, -0.15) is 0 Å². The molecule has 0 bridgehead atoms. The SMILES string of the molecule is [2H]C([2H])([2H])Oc1cc(C(=O)NS(=O)(=O)c2ccccc2C([2H])([2H])[2H])ccc1Cc1cn(C([2H])([2H])[2H])c2ccc(NC(=O)OC3([2H])C([2H])([2H])CCC3([2H])[2H])cc12. The number of sulfonamides is 1. The van der Waals surface area contributed by atoms with E-state index in [-0.39, 0.29) is 47.0 Å². The molecule has 5 rings (SSSR count). The van der Waals surface area contributed by atoms with Gasteiger partial charge in [-0.05, 0) is 85.5 Å². The van der Waals surface area contributed by atoms with Crippen molar-refractivity contribution >= 4 is 38.6 Å². The number of nitrogens with one attached hydrogen (secondary N) is 2. The first-order valence-corrected chi connectivity index (χ1v) is 13.7. The standard InChI is InChI=1S/C31H33N3O6S/c1-20-8-4-7-11-29(20)41(37,38)33-30(35)22-13-12-21(28(17-22)39-3)16-23-19-34(2)27-15-14-24(18-26(23)27)32-31(36)40-25-9-5-6-10-25/h4,7-8,11-15,17-19,25H,5-6,9-10,16H2,1-3H3,(H,32,36)(H,33,35)/i1D3,2D3,3D3,9D2,10D2,25D. The molecule has 4 aromatic rings. The summed E-state index contributed by atoms with van der Waals surface area (Å²) in [5.74, 6) is -1.67. The van der Waals surface area contributed by atoms with Crippen molar-refractivity contribution in [3.8, 4) is 5.75 Å².